The van der Waals surface area contributed by atoms with Crippen molar-refractivity contribution in [2.75, 3.05) is 31.0 Å². The molecule has 164 valence electrons. The summed E-state index contributed by atoms with van der Waals surface area (Å²) in [6.45, 7) is -0.358. The highest BCUT2D eigenvalue weighted by Gasteiger charge is 2.51. The zero-order valence-electron chi connectivity index (χ0n) is 17.5. The zero-order chi connectivity index (χ0) is 22.9. The maximum absolute atomic E-state index is 13.8. The average molecular weight is 436 g/mol. The van der Waals surface area contributed by atoms with E-state index in [9.17, 15) is 19.1 Å². The maximum Gasteiger partial charge on any atom is 0.268 e. The van der Waals surface area contributed by atoms with Crippen molar-refractivity contribution in [2.24, 2.45) is 0 Å². The van der Waals surface area contributed by atoms with Crippen LogP contribution in [0.1, 0.15) is 11.1 Å². The first-order valence-corrected chi connectivity index (χ1v) is 9.80. The van der Waals surface area contributed by atoms with E-state index in [1.165, 1.54) is 37.3 Å². The number of carbonyl (C=O) groups is 2. The zero-order valence-corrected chi connectivity index (χ0v) is 17.5. The van der Waals surface area contributed by atoms with Crippen molar-refractivity contribution in [1.82, 2.24) is 0 Å². The van der Waals surface area contributed by atoms with E-state index >= 15 is 0 Å². The molecule has 0 fully saturated rings. The van der Waals surface area contributed by atoms with Gasteiger partial charge in [0.05, 0.1) is 25.6 Å². The number of benzene rings is 3. The molecule has 0 aromatic heterocycles. The Morgan fingerprint density at radius 2 is 1.84 bits per heavy atom. The number of fused-ring (bicyclic) bond motifs is 1. The van der Waals surface area contributed by atoms with E-state index in [1.807, 2.05) is 0 Å². The van der Waals surface area contributed by atoms with E-state index in [0.29, 0.717) is 22.9 Å². The predicted molar refractivity (Wildman–Crippen MR) is 116 cm³/mol. The number of methoxy groups -OCH3 is 2. The molecule has 0 aliphatic carbocycles. The number of anilines is 2. The van der Waals surface area contributed by atoms with Crippen LogP contribution in [-0.2, 0) is 15.2 Å². The van der Waals surface area contributed by atoms with E-state index in [0.717, 1.165) is 6.07 Å². The quantitative estimate of drug-likeness (QED) is 0.620. The molecule has 32 heavy (non-hydrogen) atoms. The molecule has 0 saturated carbocycles. The minimum atomic E-state index is -2.10. The normalized spacial score (nSPS) is 17.1. The Balaban J connectivity index is 1.64. The number of ether oxygens (including phenoxy) is 2. The van der Waals surface area contributed by atoms with Gasteiger partial charge in [0.15, 0.2) is 5.60 Å². The third kappa shape index (κ3) is 3.54. The predicted octanol–water partition coefficient (Wildman–Crippen LogP) is 3.06. The van der Waals surface area contributed by atoms with Gasteiger partial charge in [0.1, 0.15) is 23.9 Å². The minimum absolute atomic E-state index is 0.0923. The van der Waals surface area contributed by atoms with E-state index in [4.69, 9.17) is 9.47 Å². The number of hydrogen-bond acceptors (Lipinski definition) is 5. The van der Waals surface area contributed by atoms with Gasteiger partial charge >= 0.3 is 0 Å². The highest BCUT2D eigenvalue weighted by atomic mass is 19.1. The van der Waals surface area contributed by atoms with Crippen LogP contribution < -0.4 is 19.7 Å². The van der Waals surface area contributed by atoms with Crippen LogP contribution in [0.4, 0.5) is 15.8 Å². The standard InChI is InChI=1S/C24H21FN2O5/c1-31-17-10-11-19(21(13-17)32-2)26-22(28)14-27-20-9-4-3-8-18(20)24(30,23(27)29)15-6-5-7-16(25)12-15/h3-13,30H,14H2,1-2H3,(H,26,28). The molecule has 2 amide bonds. The summed E-state index contributed by atoms with van der Waals surface area (Å²) < 4.78 is 24.3. The number of carbonyl (C=O) groups excluding carboxylic acids is 2. The molecule has 8 heteroatoms. The second-order valence-electron chi connectivity index (χ2n) is 7.24. The van der Waals surface area contributed by atoms with Gasteiger partial charge in [0, 0.05) is 17.2 Å². The Kier molecular flexibility index (Phi) is 5.54. The van der Waals surface area contributed by atoms with Gasteiger partial charge in [-0.25, -0.2) is 4.39 Å². The molecule has 1 heterocycles. The van der Waals surface area contributed by atoms with Crippen molar-refractivity contribution in [1.29, 1.82) is 0 Å². The molecule has 1 aliphatic heterocycles. The van der Waals surface area contributed by atoms with Gasteiger partial charge < -0.3 is 19.9 Å². The largest absolute Gasteiger partial charge is 0.497 e. The van der Waals surface area contributed by atoms with Crippen LogP contribution in [-0.4, -0.2) is 37.7 Å². The Morgan fingerprint density at radius 3 is 2.56 bits per heavy atom. The third-order valence-electron chi connectivity index (χ3n) is 5.37. The molecule has 2 N–H and O–H groups in total. The van der Waals surface area contributed by atoms with Gasteiger partial charge in [-0.3, -0.25) is 14.5 Å². The van der Waals surface area contributed by atoms with Crippen LogP contribution in [0.5, 0.6) is 11.5 Å². The van der Waals surface area contributed by atoms with Gasteiger partial charge in [-0.1, -0.05) is 30.3 Å². The highest BCUT2D eigenvalue weighted by Crippen LogP contribution is 2.44. The Morgan fingerprint density at radius 1 is 1.06 bits per heavy atom. The van der Waals surface area contributed by atoms with Crippen molar-refractivity contribution in [3.05, 3.63) is 83.7 Å². The molecule has 3 aromatic rings. The number of amides is 2. The number of para-hydroxylation sites is 1. The lowest BCUT2D eigenvalue weighted by atomic mass is 9.87. The van der Waals surface area contributed by atoms with Crippen molar-refractivity contribution in [2.45, 2.75) is 5.60 Å². The molecule has 7 nitrogen and oxygen atoms in total. The van der Waals surface area contributed by atoms with E-state index < -0.39 is 23.2 Å². The van der Waals surface area contributed by atoms with Crippen LogP contribution >= 0.6 is 0 Å². The summed E-state index contributed by atoms with van der Waals surface area (Å²) in [5.74, 6) is -0.865. The van der Waals surface area contributed by atoms with E-state index in [-0.39, 0.29) is 17.7 Å². The molecule has 1 aliphatic rings. The molecule has 1 unspecified atom stereocenters. The summed E-state index contributed by atoms with van der Waals surface area (Å²) in [5.41, 5.74) is -0.948. The van der Waals surface area contributed by atoms with Crippen LogP contribution in [0.25, 0.3) is 0 Å². The van der Waals surface area contributed by atoms with Crippen LogP contribution in [0.3, 0.4) is 0 Å². The smallest absolute Gasteiger partial charge is 0.268 e. The van der Waals surface area contributed by atoms with E-state index in [2.05, 4.69) is 5.32 Å². The summed E-state index contributed by atoms with van der Waals surface area (Å²) >= 11 is 0. The fraction of sp³-hybridized carbons (Fsp3) is 0.167. The fourth-order valence-corrected chi connectivity index (χ4v) is 3.82. The third-order valence-corrected chi connectivity index (χ3v) is 5.37. The second kappa shape index (κ2) is 8.32. The average Bonchev–Trinajstić information content (AvgIpc) is 3.02. The minimum Gasteiger partial charge on any atom is -0.497 e. The molecule has 1 atom stereocenters. The van der Waals surface area contributed by atoms with Crippen molar-refractivity contribution >= 4 is 23.2 Å². The lowest BCUT2D eigenvalue weighted by Gasteiger charge is -2.23. The van der Waals surface area contributed by atoms with Crippen LogP contribution in [0, 0.1) is 5.82 Å². The first-order chi connectivity index (χ1) is 15.4. The molecule has 0 bridgehead atoms. The lowest BCUT2D eigenvalue weighted by molar-refractivity contribution is -0.133. The number of halogens is 1. The van der Waals surface area contributed by atoms with E-state index in [1.54, 1.807) is 42.5 Å². The lowest BCUT2D eigenvalue weighted by Crippen LogP contribution is -2.44. The summed E-state index contributed by atoms with van der Waals surface area (Å²) in [5, 5.41) is 14.1. The fourth-order valence-electron chi connectivity index (χ4n) is 3.82. The van der Waals surface area contributed by atoms with Gasteiger partial charge in [-0.2, -0.15) is 0 Å². The summed E-state index contributed by atoms with van der Waals surface area (Å²) in [4.78, 5) is 27.3. The molecule has 3 aromatic carbocycles. The number of nitrogens with one attached hydrogen (secondary N) is 1. The number of aliphatic hydroxyl groups is 1. The summed E-state index contributed by atoms with van der Waals surface area (Å²) in [6.07, 6.45) is 0. The number of nitrogens with zero attached hydrogens (tertiary/aromatic N) is 1. The molecule has 0 spiro atoms. The SMILES string of the molecule is COc1ccc(NC(=O)CN2C(=O)C(O)(c3cccc(F)c3)c3ccccc32)c(OC)c1. The maximum atomic E-state index is 13.8. The topological polar surface area (TPSA) is 88.1 Å². The summed E-state index contributed by atoms with van der Waals surface area (Å²) in [7, 11) is 2.98. The van der Waals surface area contributed by atoms with Gasteiger partial charge in [0.2, 0.25) is 5.91 Å². The summed E-state index contributed by atoms with van der Waals surface area (Å²) in [6, 6.07) is 16.7. The first-order valence-electron chi connectivity index (χ1n) is 9.80. The monoisotopic (exact) mass is 436 g/mol. The molecular weight excluding hydrogens is 415 g/mol. The van der Waals surface area contributed by atoms with Crippen molar-refractivity contribution in [3.63, 3.8) is 0 Å². The van der Waals surface area contributed by atoms with Gasteiger partial charge in [0.25, 0.3) is 5.91 Å². The molecule has 4 rings (SSSR count). The van der Waals surface area contributed by atoms with Gasteiger partial charge in [-0.05, 0) is 30.3 Å². The highest BCUT2D eigenvalue weighted by molar-refractivity contribution is 6.12. The van der Waals surface area contributed by atoms with Crippen LogP contribution in [0.2, 0.25) is 0 Å². The Bertz CT molecular complexity index is 1200. The second-order valence-corrected chi connectivity index (χ2v) is 7.24. The molecule has 0 saturated heterocycles. The van der Waals surface area contributed by atoms with Gasteiger partial charge in [-0.15, -0.1) is 0 Å². The number of hydrogen-bond donors (Lipinski definition) is 2. The molecular formula is C24H21FN2O5. The van der Waals surface area contributed by atoms with Crippen molar-refractivity contribution < 1.29 is 28.6 Å². The Hall–Kier alpha value is -3.91. The Labute approximate surface area is 184 Å². The van der Waals surface area contributed by atoms with Crippen molar-refractivity contribution in [3.8, 4) is 11.5 Å². The molecule has 0 radical (unpaired) electrons. The van der Waals surface area contributed by atoms with Crippen LogP contribution in [0.15, 0.2) is 66.7 Å². The first kappa shape index (κ1) is 21.3. The number of rotatable bonds is 6.